The quantitative estimate of drug-likeness (QED) is 0.615. The number of nitrogens with zero attached hydrogens (tertiary/aromatic N) is 3. The number of aryl methyl sites for hydroxylation is 1. The maximum absolute atomic E-state index is 12.4. The van der Waals surface area contributed by atoms with Gasteiger partial charge in [0.05, 0.1) is 30.5 Å². The molecule has 1 aromatic heterocycles. The first-order chi connectivity index (χ1) is 16.5. The third kappa shape index (κ3) is 4.00. The van der Waals surface area contributed by atoms with Gasteiger partial charge >= 0.3 is 6.09 Å². The summed E-state index contributed by atoms with van der Waals surface area (Å²) in [4.78, 5) is 14.0. The van der Waals surface area contributed by atoms with Crippen LogP contribution in [0.5, 0.6) is 11.6 Å². The van der Waals surface area contributed by atoms with Crippen LogP contribution >= 0.6 is 0 Å². The molecule has 0 saturated carbocycles. The Morgan fingerprint density at radius 1 is 1.18 bits per heavy atom. The van der Waals surface area contributed by atoms with Crippen LogP contribution in [0.2, 0.25) is 0 Å². The van der Waals surface area contributed by atoms with Gasteiger partial charge in [0.15, 0.2) is 0 Å². The second kappa shape index (κ2) is 9.00. The van der Waals surface area contributed by atoms with E-state index in [9.17, 15) is 10.1 Å². The molecule has 0 spiro atoms. The van der Waals surface area contributed by atoms with Gasteiger partial charge < -0.3 is 19.1 Å². The van der Waals surface area contributed by atoms with E-state index in [2.05, 4.69) is 16.3 Å². The lowest BCUT2D eigenvalue weighted by Gasteiger charge is -2.28. The van der Waals surface area contributed by atoms with Gasteiger partial charge in [0.25, 0.3) is 0 Å². The Balaban J connectivity index is 1.47. The molecular weight excluding hydrogens is 434 g/mol. The van der Waals surface area contributed by atoms with Gasteiger partial charge in [-0.2, -0.15) is 5.26 Å². The zero-order valence-corrected chi connectivity index (χ0v) is 18.6. The van der Waals surface area contributed by atoms with Crippen molar-refractivity contribution in [1.82, 2.24) is 15.1 Å². The number of nitriles is 1. The fraction of sp³-hybridized carbons (Fsp3) is 0.280. The zero-order chi connectivity index (χ0) is 23.7. The molecule has 0 bridgehead atoms. The number of nitrogens with one attached hydrogen (secondary N) is 2. The maximum Gasteiger partial charge on any atom is 0.415 e. The van der Waals surface area contributed by atoms with Crippen LogP contribution in [0.25, 0.3) is 11.3 Å². The minimum atomic E-state index is -0.823. The van der Waals surface area contributed by atoms with Crippen LogP contribution in [-0.4, -0.2) is 53.4 Å². The van der Waals surface area contributed by atoms with Crippen LogP contribution in [0.1, 0.15) is 22.6 Å². The minimum absolute atomic E-state index is 0.148. The van der Waals surface area contributed by atoms with Crippen LogP contribution in [0.4, 0.5) is 4.79 Å². The Morgan fingerprint density at radius 3 is 2.56 bits per heavy atom. The number of morpholine rings is 1. The first-order valence-electron chi connectivity index (χ1n) is 11.0. The highest BCUT2D eigenvalue weighted by Crippen LogP contribution is 2.45. The standard InChI is InChI=1S/C25H23N5O4/c1-15-2-4-17(5-3-15)22-21-20(19(14-26)23(27)34-24(21)29-28-22)16-6-8-18(9-7-16)33-25(31)30-10-12-32-13-11-30/h2-9,19-20,27H,10-13H2,1H3,(H,28,29). The summed E-state index contributed by atoms with van der Waals surface area (Å²) >= 11 is 0. The molecule has 1 saturated heterocycles. The van der Waals surface area contributed by atoms with Gasteiger partial charge in [0, 0.05) is 19.0 Å². The molecule has 34 heavy (non-hydrogen) atoms. The van der Waals surface area contributed by atoms with E-state index in [1.165, 1.54) is 0 Å². The number of rotatable bonds is 3. The summed E-state index contributed by atoms with van der Waals surface area (Å²) in [5, 5.41) is 25.4. The third-order valence-electron chi connectivity index (χ3n) is 6.10. The Labute approximate surface area is 196 Å². The smallest absolute Gasteiger partial charge is 0.415 e. The van der Waals surface area contributed by atoms with Gasteiger partial charge in [-0.15, -0.1) is 5.10 Å². The minimum Gasteiger partial charge on any atom is -0.422 e. The molecule has 9 nitrogen and oxygen atoms in total. The van der Waals surface area contributed by atoms with E-state index in [4.69, 9.17) is 19.6 Å². The van der Waals surface area contributed by atoms with Crippen molar-refractivity contribution in [2.75, 3.05) is 26.3 Å². The number of hydrogen-bond acceptors (Lipinski definition) is 7. The first kappa shape index (κ1) is 21.7. The number of benzene rings is 2. The van der Waals surface area contributed by atoms with Crippen LogP contribution < -0.4 is 9.47 Å². The van der Waals surface area contributed by atoms with Gasteiger partial charge in [-0.1, -0.05) is 42.0 Å². The van der Waals surface area contributed by atoms with Gasteiger partial charge in [-0.05, 0) is 30.2 Å². The molecule has 172 valence electrons. The van der Waals surface area contributed by atoms with E-state index in [-0.39, 0.29) is 5.90 Å². The number of aromatic amines is 1. The maximum atomic E-state index is 12.4. The lowest BCUT2D eigenvalue weighted by atomic mass is 9.79. The van der Waals surface area contributed by atoms with E-state index in [1.54, 1.807) is 17.0 Å². The lowest BCUT2D eigenvalue weighted by Crippen LogP contribution is -2.42. The molecular formula is C25H23N5O4. The van der Waals surface area contributed by atoms with E-state index < -0.39 is 17.9 Å². The highest BCUT2D eigenvalue weighted by molar-refractivity contribution is 5.86. The molecule has 2 N–H and O–H groups in total. The number of carbonyl (C=O) groups excluding carboxylic acids is 1. The molecule has 9 heteroatoms. The predicted molar refractivity (Wildman–Crippen MR) is 123 cm³/mol. The second-order valence-electron chi connectivity index (χ2n) is 8.27. The highest BCUT2D eigenvalue weighted by Gasteiger charge is 2.40. The second-order valence-corrected chi connectivity index (χ2v) is 8.27. The van der Waals surface area contributed by atoms with Crippen LogP contribution in [0, 0.1) is 29.6 Å². The number of carbonyl (C=O) groups is 1. The number of fused-ring (bicyclic) bond motifs is 1. The average molecular weight is 457 g/mol. The molecule has 2 atom stereocenters. The molecule has 2 aromatic carbocycles. The Hall–Kier alpha value is -4.16. The van der Waals surface area contributed by atoms with Gasteiger partial charge in [-0.25, -0.2) is 4.79 Å². The van der Waals surface area contributed by atoms with E-state index in [0.717, 1.165) is 27.9 Å². The number of H-pyrrole nitrogens is 1. The van der Waals surface area contributed by atoms with Crippen molar-refractivity contribution in [2.45, 2.75) is 12.8 Å². The SMILES string of the molecule is Cc1ccc(-c2[nH]nc3c2C(c2ccc(OC(=O)N4CCOCC4)cc2)C(C#N)C(=N)O3)cc1. The zero-order valence-electron chi connectivity index (χ0n) is 18.6. The van der Waals surface area contributed by atoms with E-state index >= 15 is 0 Å². The lowest BCUT2D eigenvalue weighted by molar-refractivity contribution is 0.0416. The van der Waals surface area contributed by atoms with Crippen LogP contribution in [0.15, 0.2) is 48.5 Å². The molecule has 2 unspecified atom stereocenters. The molecule has 0 aliphatic carbocycles. The summed E-state index contributed by atoms with van der Waals surface area (Å²) in [6.45, 7) is 4.00. The molecule has 1 fully saturated rings. The summed E-state index contributed by atoms with van der Waals surface area (Å²) in [5.41, 5.74) is 4.31. The number of hydrogen-bond donors (Lipinski definition) is 2. The third-order valence-corrected chi connectivity index (χ3v) is 6.10. The summed E-state index contributed by atoms with van der Waals surface area (Å²) in [6, 6.07) is 17.2. The first-order valence-corrected chi connectivity index (χ1v) is 11.0. The highest BCUT2D eigenvalue weighted by atomic mass is 16.6. The molecule has 5 rings (SSSR count). The Kier molecular flexibility index (Phi) is 5.74. The van der Waals surface area contributed by atoms with Crippen molar-refractivity contribution in [3.05, 3.63) is 65.2 Å². The van der Waals surface area contributed by atoms with Crippen LogP contribution in [0.3, 0.4) is 0 Å². The van der Waals surface area contributed by atoms with E-state index in [0.29, 0.717) is 37.9 Å². The monoisotopic (exact) mass is 457 g/mol. The van der Waals surface area contributed by atoms with Crippen molar-refractivity contribution >= 4 is 12.0 Å². The van der Waals surface area contributed by atoms with Crippen molar-refractivity contribution in [2.24, 2.45) is 5.92 Å². The summed E-state index contributed by atoms with van der Waals surface area (Å²) in [6.07, 6.45) is -0.419. The molecule has 3 aromatic rings. The molecule has 1 amide bonds. The number of aromatic nitrogens is 2. The van der Waals surface area contributed by atoms with Crippen molar-refractivity contribution in [3.63, 3.8) is 0 Å². The predicted octanol–water partition coefficient (Wildman–Crippen LogP) is 3.86. The summed E-state index contributed by atoms with van der Waals surface area (Å²) < 4.78 is 16.4. The summed E-state index contributed by atoms with van der Waals surface area (Å²) in [5.74, 6) is -0.747. The topological polar surface area (TPSA) is 124 Å². The van der Waals surface area contributed by atoms with Crippen molar-refractivity contribution in [1.29, 1.82) is 10.7 Å². The normalized spacial score (nSPS) is 19.6. The van der Waals surface area contributed by atoms with E-state index in [1.807, 2.05) is 43.3 Å². The molecule has 2 aliphatic rings. The van der Waals surface area contributed by atoms with Crippen LogP contribution in [-0.2, 0) is 4.74 Å². The van der Waals surface area contributed by atoms with Crippen molar-refractivity contribution in [3.8, 4) is 29.0 Å². The number of ether oxygens (including phenoxy) is 3. The Morgan fingerprint density at radius 2 is 1.88 bits per heavy atom. The molecule has 2 aliphatic heterocycles. The Bertz CT molecular complexity index is 1250. The van der Waals surface area contributed by atoms with Gasteiger partial charge in [0.1, 0.15) is 11.7 Å². The largest absolute Gasteiger partial charge is 0.422 e. The van der Waals surface area contributed by atoms with Gasteiger partial charge in [0.2, 0.25) is 11.8 Å². The van der Waals surface area contributed by atoms with Crippen molar-refractivity contribution < 1.29 is 19.0 Å². The molecule has 3 heterocycles. The number of amides is 1. The summed E-state index contributed by atoms with van der Waals surface area (Å²) in [7, 11) is 0. The fourth-order valence-corrected chi connectivity index (χ4v) is 4.27. The van der Waals surface area contributed by atoms with Gasteiger partial charge in [-0.3, -0.25) is 10.5 Å². The fourth-order valence-electron chi connectivity index (χ4n) is 4.27. The average Bonchev–Trinajstić information content (AvgIpc) is 3.28. The molecule has 0 radical (unpaired) electrons.